The lowest BCUT2D eigenvalue weighted by molar-refractivity contribution is -0.386. The second-order valence-corrected chi connectivity index (χ2v) is 11.2. The predicted molar refractivity (Wildman–Crippen MR) is 118 cm³/mol. The molecular weight excluding hydrogens is 431 g/mol. The van der Waals surface area contributed by atoms with E-state index in [4.69, 9.17) is 9.05 Å². The zero-order valence-electron chi connectivity index (χ0n) is 16.0. The average molecular weight is 452 g/mol. The molecule has 29 heavy (non-hydrogen) atoms. The number of aromatic nitrogens is 1. The highest BCUT2D eigenvalue weighted by molar-refractivity contribution is 8.55. The van der Waals surface area contributed by atoms with Crippen molar-refractivity contribution in [2.24, 2.45) is 0 Å². The second kappa shape index (κ2) is 9.82. The van der Waals surface area contributed by atoms with Crippen LogP contribution < -0.4 is 0 Å². The molecule has 2 atom stereocenters. The smallest absolute Gasteiger partial charge is 0.301 e. The standard InChI is InChI=1S/C19H21N2O5PS2/c1-3-13-28-27(24,25-4-2)26-18(14-9-5-7-11-16(14)21(22)23)19-20-15-10-6-8-12-17(15)29-19/h5-12,18H,3-4,13H2,1-2H3. The van der Waals surface area contributed by atoms with E-state index in [0.717, 1.165) is 28.0 Å². The van der Waals surface area contributed by atoms with Crippen LogP contribution in [0.5, 0.6) is 0 Å². The SMILES string of the molecule is CCCSP(=O)(OCC)OC(c1nc2ccccc2s1)c1ccccc1[N+](=O)[O-]. The van der Waals surface area contributed by atoms with Gasteiger partial charge < -0.3 is 4.52 Å². The molecule has 0 bridgehead atoms. The highest BCUT2D eigenvalue weighted by Gasteiger charge is 2.35. The van der Waals surface area contributed by atoms with Crippen LogP contribution in [0.25, 0.3) is 10.2 Å². The third-order valence-electron chi connectivity index (χ3n) is 3.93. The van der Waals surface area contributed by atoms with Gasteiger partial charge in [0.1, 0.15) is 5.01 Å². The molecule has 0 aliphatic carbocycles. The van der Waals surface area contributed by atoms with Crippen LogP contribution in [0.1, 0.15) is 36.9 Å². The Labute approximate surface area is 176 Å². The summed E-state index contributed by atoms with van der Waals surface area (Å²) >= 11 is 2.46. The van der Waals surface area contributed by atoms with Gasteiger partial charge in [-0.25, -0.2) is 9.55 Å². The van der Waals surface area contributed by atoms with Crippen LogP contribution in [0, 0.1) is 10.1 Å². The minimum atomic E-state index is -3.56. The first-order valence-electron chi connectivity index (χ1n) is 9.13. The molecule has 7 nitrogen and oxygen atoms in total. The van der Waals surface area contributed by atoms with E-state index in [1.54, 1.807) is 25.1 Å². The van der Waals surface area contributed by atoms with Gasteiger partial charge in [-0.05, 0) is 42.9 Å². The Kier molecular flexibility index (Phi) is 7.43. The van der Waals surface area contributed by atoms with Crippen molar-refractivity contribution in [3.05, 3.63) is 69.2 Å². The molecule has 1 aromatic heterocycles. The third kappa shape index (κ3) is 5.24. The molecule has 2 aromatic carbocycles. The number of hydrogen-bond acceptors (Lipinski definition) is 8. The summed E-state index contributed by atoms with van der Waals surface area (Å²) in [4.78, 5) is 15.8. The first kappa shape index (κ1) is 21.9. The lowest BCUT2D eigenvalue weighted by Gasteiger charge is -2.22. The van der Waals surface area contributed by atoms with Crippen LogP contribution in [0.4, 0.5) is 5.69 Å². The monoisotopic (exact) mass is 452 g/mol. The molecule has 10 heteroatoms. The van der Waals surface area contributed by atoms with Gasteiger partial charge in [0, 0.05) is 11.8 Å². The molecule has 154 valence electrons. The summed E-state index contributed by atoms with van der Waals surface area (Å²) < 4.78 is 25.8. The van der Waals surface area contributed by atoms with Gasteiger partial charge in [0.15, 0.2) is 6.10 Å². The summed E-state index contributed by atoms with van der Waals surface area (Å²) in [5, 5.41) is 12.1. The van der Waals surface area contributed by atoms with Crippen molar-refractivity contribution < 1.29 is 18.5 Å². The fourth-order valence-electron chi connectivity index (χ4n) is 2.70. The molecule has 1 heterocycles. The Morgan fingerprint density at radius 2 is 1.93 bits per heavy atom. The van der Waals surface area contributed by atoms with E-state index in [-0.39, 0.29) is 12.3 Å². The average Bonchev–Trinajstić information content (AvgIpc) is 3.15. The number of benzene rings is 2. The molecule has 0 N–H and O–H groups in total. The summed E-state index contributed by atoms with van der Waals surface area (Å²) in [6.45, 7) is 0.355. The minimum absolute atomic E-state index is 0.111. The van der Waals surface area contributed by atoms with Crippen molar-refractivity contribution in [1.82, 2.24) is 4.98 Å². The predicted octanol–water partition coefficient (Wildman–Crippen LogP) is 6.60. The summed E-state index contributed by atoms with van der Waals surface area (Å²) in [5.74, 6) is 0.584. The van der Waals surface area contributed by atoms with Crippen molar-refractivity contribution in [2.75, 3.05) is 12.4 Å². The number of nitro groups is 1. The maximum atomic E-state index is 13.4. The maximum absolute atomic E-state index is 13.4. The molecule has 3 aromatic rings. The Bertz CT molecular complexity index is 1010. The largest absolute Gasteiger partial charge is 0.390 e. The second-order valence-electron chi connectivity index (χ2n) is 6.02. The van der Waals surface area contributed by atoms with Crippen LogP contribution in [0.2, 0.25) is 0 Å². The molecule has 0 aliphatic rings. The van der Waals surface area contributed by atoms with Crippen molar-refractivity contribution in [3.8, 4) is 0 Å². The summed E-state index contributed by atoms with van der Waals surface area (Å²) in [6, 6.07) is 13.8. The number of para-hydroxylation sites is 2. The molecule has 3 rings (SSSR count). The van der Waals surface area contributed by atoms with Gasteiger partial charge >= 0.3 is 6.80 Å². The molecule has 0 radical (unpaired) electrons. The van der Waals surface area contributed by atoms with Crippen LogP contribution in [-0.4, -0.2) is 22.3 Å². The van der Waals surface area contributed by atoms with Gasteiger partial charge in [-0.2, -0.15) is 0 Å². The lowest BCUT2D eigenvalue weighted by Crippen LogP contribution is -2.08. The number of rotatable bonds is 10. The fourth-order valence-corrected chi connectivity index (χ4v) is 7.38. The van der Waals surface area contributed by atoms with Crippen molar-refractivity contribution >= 4 is 45.4 Å². The molecule has 0 amide bonds. The van der Waals surface area contributed by atoms with Crippen LogP contribution >= 0.6 is 29.5 Å². The fraction of sp³-hybridized carbons (Fsp3) is 0.316. The van der Waals surface area contributed by atoms with Gasteiger partial charge in [-0.1, -0.05) is 31.2 Å². The van der Waals surface area contributed by atoms with Crippen LogP contribution in [-0.2, 0) is 13.6 Å². The number of hydrogen-bond donors (Lipinski definition) is 0. The quantitative estimate of drug-likeness (QED) is 0.194. The van der Waals surface area contributed by atoms with E-state index in [1.807, 2.05) is 31.2 Å². The number of nitrogens with zero attached hydrogens (tertiary/aromatic N) is 2. The molecule has 2 unspecified atom stereocenters. The van der Waals surface area contributed by atoms with E-state index < -0.39 is 17.8 Å². The summed E-state index contributed by atoms with van der Waals surface area (Å²) in [7, 11) is 0. The highest BCUT2D eigenvalue weighted by Crippen LogP contribution is 2.64. The minimum Gasteiger partial charge on any atom is -0.301 e. The first-order valence-corrected chi connectivity index (χ1v) is 13.1. The summed E-state index contributed by atoms with van der Waals surface area (Å²) in [5.41, 5.74) is 0.945. The summed E-state index contributed by atoms with van der Waals surface area (Å²) in [6.07, 6.45) is -0.182. The molecule has 0 spiro atoms. The van der Waals surface area contributed by atoms with Gasteiger partial charge in [-0.15, -0.1) is 11.3 Å². The first-order chi connectivity index (χ1) is 14.0. The zero-order chi connectivity index (χ0) is 20.9. The Hall–Kier alpha value is -1.77. The van der Waals surface area contributed by atoms with Gasteiger partial charge in [-0.3, -0.25) is 14.6 Å². The number of nitro benzene ring substituents is 1. The third-order valence-corrected chi connectivity index (χ3v) is 9.03. The van der Waals surface area contributed by atoms with Gasteiger partial charge in [0.25, 0.3) is 5.69 Å². The van der Waals surface area contributed by atoms with Gasteiger partial charge in [0.05, 0.1) is 27.3 Å². The maximum Gasteiger partial charge on any atom is 0.390 e. The molecule has 0 aliphatic heterocycles. The van der Waals surface area contributed by atoms with Gasteiger partial charge in [0.2, 0.25) is 0 Å². The van der Waals surface area contributed by atoms with Crippen LogP contribution in [0.3, 0.4) is 0 Å². The lowest BCUT2D eigenvalue weighted by atomic mass is 10.1. The normalized spacial score (nSPS) is 14.6. The van der Waals surface area contributed by atoms with Crippen molar-refractivity contribution in [2.45, 2.75) is 26.4 Å². The molecule has 0 fully saturated rings. The topological polar surface area (TPSA) is 91.6 Å². The van der Waals surface area contributed by atoms with Crippen molar-refractivity contribution in [3.63, 3.8) is 0 Å². The molecule has 0 saturated heterocycles. The van der Waals surface area contributed by atoms with E-state index in [1.165, 1.54) is 17.4 Å². The number of thiazole rings is 1. The molecule has 0 saturated carbocycles. The Morgan fingerprint density at radius 3 is 2.62 bits per heavy atom. The molecular formula is C19H21N2O5PS2. The van der Waals surface area contributed by atoms with E-state index in [9.17, 15) is 14.7 Å². The number of fused-ring (bicyclic) bond motifs is 1. The van der Waals surface area contributed by atoms with Crippen LogP contribution in [0.15, 0.2) is 48.5 Å². The van der Waals surface area contributed by atoms with E-state index in [2.05, 4.69) is 4.98 Å². The van der Waals surface area contributed by atoms with E-state index in [0.29, 0.717) is 16.3 Å². The zero-order valence-corrected chi connectivity index (χ0v) is 18.5. The Balaban J connectivity index is 2.11. The van der Waals surface area contributed by atoms with Crippen molar-refractivity contribution in [1.29, 1.82) is 0 Å². The van der Waals surface area contributed by atoms with E-state index >= 15 is 0 Å². The highest BCUT2D eigenvalue weighted by atomic mass is 32.7. The Morgan fingerprint density at radius 1 is 1.21 bits per heavy atom.